The van der Waals surface area contributed by atoms with Gasteiger partial charge in [0.15, 0.2) is 0 Å². The van der Waals surface area contributed by atoms with Gasteiger partial charge in [-0.1, -0.05) is 13.3 Å². The molecule has 2 rings (SSSR count). The zero-order chi connectivity index (χ0) is 15.1. The predicted molar refractivity (Wildman–Crippen MR) is 85.9 cm³/mol. The Morgan fingerprint density at radius 1 is 1.29 bits per heavy atom. The predicted octanol–water partition coefficient (Wildman–Crippen LogP) is 2.72. The van der Waals surface area contributed by atoms with Crippen LogP contribution in [0.4, 0.5) is 5.82 Å². The van der Waals surface area contributed by atoms with Gasteiger partial charge in [0.25, 0.3) is 0 Å². The van der Waals surface area contributed by atoms with Gasteiger partial charge in [0.2, 0.25) is 5.88 Å². The van der Waals surface area contributed by atoms with Gasteiger partial charge in [0.1, 0.15) is 11.6 Å². The van der Waals surface area contributed by atoms with Gasteiger partial charge in [0.05, 0.1) is 6.61 Å². The average molecular weight is 292 g/mol. The number of ether oxygens (including phenoxy) is 1. The summed E-state index contributed by atoms with van der Waals surface area (Å²) in [5, 5.41) is 3.42. The Bertz CT molecular complexity index is 432. The molecule has 0 bridgehead atoms. The SMILES string of the molecule is CCOc1cc(NCC(C)CN2CCCCC2)nc(C)n1. The van der Waals surface area contributed by atoms with E-state index in [0.717, 1.165) is 24.7 Å². The van der Waals surface area contributed by atoms with E-state index in [1.807, 2.05) is 19.9 Å². The van der Waals surface area contributed by atoms with E-state index in [1.54, 1.807) is 0 Å². The first kappa shape index (κ1) is 16.0. The number of piperidine rings is 1. The highest BCUT2D eigenvalue weighted by Gasteiger charge is 2.13. The zero-order valence-electron chi connectivity index (χ0n) is 13.6. The quantitative estimate of drug-likeness (QED) is 0.837. The Labute approximate surface area is 128 Å². The molecule has 2 heterocycles. The Hall–Kier alpha value is -1.36. The van der Waals surface area contributed by atoms with E-state index >= 15 is 0 Å². The molecule has 5 nitrogen and oxygen atoms in total. The van der Waals surface area contributed by atoms with E-state index in [4.69, 9.17) is 4.74 Å². The molecule has 1 atom stereocenters. The van der Waals surface area contributed by atoms with Crippen LogP contribution < -0.4 is 10.1 Å². The summed E-state index contributed by atoms with van der Waals surface area (Å²) >= 11 is 0. The second-order valence-corrected chi connectivity index (χ2v) is 5.92. The second-order valence-electron chi connectivity index (χ2n) is 5.92. The average Bonchev–Trinajstić information content (AvgIpc) is 2.46. The molecule has 0 saturated carbocycles. The minimum atomic E-state index is 0.605. The summed E-state index contributed by atoms with van der Waals surface area (Å²) in [6.07, 6.45) is 4.09. The molecular weight excluding hydrogens is 264 g/mol. The van der Waals surface area contributed by atoms with Crippen molar-refractivity contribution >= 4 is 5.82 Å². The number of likely N-dealkylation sites (tertiary alicyclic amines) is 1. The first-order valence-electron chi connectivity index (χ1n) is 8.12. The van der Waals surface area contributed by atoms with Crippen LogP contribution in [0.5, 0.6) is 5.88 Å². The maximum atomic E-state index is 5.46. The summed E-state index contributed by atoms with van der Waals surface area (Å²) in [5.41, 5.74) is 0. The van der Waals surface area contributed by atoms with E-state index in [-0.39, 0.29) is 0 Å². The summed E-state index contributed by atoms with van der Waals surface area (Å²) < 4.78 is 5.46. The molecule has 1 aliphatic rings. The van der Waals surface area contributed by atoms with Crippen molar-refractivity contribution in [3.63, 3.8) is 0 Å². The lowest BCUT2D eigenvalue weighted by Gasteiger charge is -2.29. The molecule has 1 aromatic rings. The smallest absolute Gasteiger partial charge is 0.218 e. The fraction of sp³-hybridized carbons (Fsp3) is 0.750. The summed E-state index contributed by atoms with van der Waals surface area (Å²) in [4.78, 5) is 11.3. The number of nitrogens with zero attached hydrogens (tertiary/aromatic N) is 3. The highest BCUT2D eigenvalue weighted by molar-refractivity contribution is 5.38. The Morgan fingerprint density at radius 2 is 2.05 bits per heavy atom. The minimum absolute atomic E-state index is 0.605. The minimum Gasteiger partial charge on any atom is -0.478 e. The largest absolute Gasteiger partial charge is 0.478 e. The molecule has 0 aromatic carbocycles. The van der Waals surface area contributed by atoms with Crippen molar-refractivity contribution in [3.8, 4) is 5.88 Å². The van der Waals surface area contributed by atoms with Gasteiger partial charge >= 0.3 is 0 Å². The van der Waals surface area contributed by atoms with Crippen LogP contribution in [0.25, 0.3) is 0 Å². The summed E-state index contributed by atoms with van der Waals surface area (Å²) in [5.74, 6) is 2.86. The molecule has 21 heavy (non-hydrogen) atoms. The maximum absolute atomic E-state index is 5.46. The van der Waals surface area contributed by atoms with Crippen LogP contribution in [0.1, 0.15) is 38.9 Å². The third-order valence-electron chi connectivity index (χ3n) is 3.76. The Kier molecular flexibility index (Phi) is 6.23. The summed E-state index contributed by atoms with van der Waals surface area (Å²) in [6, 6.07) is 1.88. The van der Waals surface area contributed by atoms with Crippen molar-refractivity contribution in [2.45, 2.75) is 40.0 Å². The first-order valence-corrected chi connectivity index (χ1v) is 8.12. The molecule has 0 radical (unpaired) electrons. The van der Waals surface area contributed by atoms with Crippen LogP contribution in [0.15, 0.2) is 6.07 Å². The van der Waals surface area contributed by atoms with Gasteiger partial charge in [-0.25, -0.2) is 4.98 Å². The third kappa shape index (κ3) is 5.50. The Balaban J connectivity index is 1.81. The molecule has 118 valence electrons. The first-order chi connectivity index (χ1) is 10.2. The monoisotopic (exact) mass is 292 g/mol. The molecule has 1 aliphatic heterocycles. The van der Waals surface area contributed by atoms with Crippen LogP contribution in [-0.2, 0) is 0 Å². The molecule has 1 saturated heterocycles. The number of anilines is 1. The van der Waals surface area contributed by atoms with Crippen LogP contribution in [-0.4, -0.2) is 47.7 Å². The van der Waals surface area contributed by atoms with Crippen molar-refractivity contribution < 1.29 is 4.74 Å². The van der Waals surface area contributed by atoms with Gasteiger partial charge in [-0.2, -0.15) is 4.98 Å². The van der Waals surface area contributed by atoms with Crippen molar-refractivity contribution in [2.75, 3.05) is 38.1 Å². The number of nitrogens with one attached hydrogen (secondary N) is 1. The molecule has 5 heteroatoms. The molecule has 0 spiro atoms. The standard InChI is InChI=1S/C16H28N4O/c1-4-21-16-10-15(18-14(3)19-16)17-11-13(2)12-20-8-6-5-7-9-20/h10,13H,4-9,11-12H2,1-3H3,(H,17,18,19). The molecule has 1 N–H and O–H groups in total. The Morgan fingerprint density at radius 3 is 2.76 bits per heavy atom. The highest BCUT2D eigenvalue weighted by Crippen LogP contribution is 2.15. The van der Waals surface area contributed by atoms with Crippen LogP contribution in [0, 0.1) is 12.8 Å². The van der Waals surface area contributed by atoms with E-state index in [0.29, 0.717) is 18.4 Å². The van der Waals surface area contributed by atoms with Crippen molar-refractivity contribution in [1.29, 1.82) is 0 Å². The van der Waals surface area contributed by atoms with E-state index in [9.17, 15) is 0 Å². The van der Waals surface area contributed by atoms with Crippen molar-refractivity contribution in [3.05, 3.63) is 11.9 Å². The zero-order valence-corrected chi connectivity index (χ0v) is 13.6. The topological polar surface area (TPSA) is 50.3 Å². The molecule has 1 fully saturated rings. The normalized spacial score (nSPS) is 17.5. The molecule has 0 amide bonds. The number of hydrogen-bond acceptors (Lipinski definition) is 5. The fourth-order valence-electron chi connectivity index (χ4n) is 2.78. The summed E-state index contributed by atoms with van der Waals surface area (Å²) in [6.45, 7) is 11.4. The van der Waals surface area contributed by atoms with E-state index in [2.05, 4.69) is 27.1 Å². The lowest BCUT2D eigenvalue weighted by atomic mass is 10.1. The number of rotatable bonds is 7. The van der Waals surface area contributed by atoms with Crippen molar-refractivity contribution in [1.82, 2.24) is 14.9 Å². The van der Waals surface area contributed by atoms with Gasteiger partial charge < -0.3 is 15.0 Å². The van der Waals surface area contributed by atoms with Crippen LogP contribution in [0.3, 0.4) is 0 Å². The highest BCUT2D eigenvalue weighted by atomic mass is 16.5. The second kappa shape index (κ2) is 8.17. The molecule has 1 unspecified atom stereocenters. The van der Waals surface area contributed by atoms with Crippen LogP contribution in [0.2, 0.25) is 0 Å². The van der Waals surface area contributed by atoms with E-state index < -0.39 is 0 Å². The number of aromatic nitrogens is 2. The fourth-order valence-corrected chi connectivity index (χ4v) is 2.78. The molecule has 1 aromatic heterocycles. The van der Waals surface area contributed by atoms with Crippen molar-refractivity contribution in [2.24, 2.45) is 5.92 Å². The lowest BCUT2D eigenvalue weighted by Crippen LogP contribution is -2.35. The van der Waals surface area contributed by atoms with Gasteiger partial charge in [-0.15, -0.1) is 0 Å². The number of hydrogen-bond donors (Lipinski definition) is 1. The number of aryl methyl sites for hydroxylation is 1. The maximum Gasteiger partial charge on any atom is 0.218 e. The van der Waals surface area contributed by atoms with E-state index in [1.165, 1.54) is 32.4 Å². The third-order valence-corrected chi connectivity index (χ3v) is 3.76. The van der Waals surface area contributed by atoms with Gasteiger partial charge in [-0.05, 0) is 45.7 Å². The lowest BCUT2D eigenvalue weighted by molar-refractivity contribution is 0.204. The van der Waals surface area contributed by atoms with Gasteiger partial charge in [0, 0.05) is 19.2 Å². The van der Waals surface area contributed by atoms with Crippen LogP contribution >= 0.6 is 0 Å². The van der Waals surface area contributed by atoms with Gasteiger partial charge in [-0.3, -0.25) is 0 Å². The summed E-state index contributed by atoms with van der Waals surface area (Å²) in [7, 11) is 0. The molecular formula is C16H28N4O. The molecule has 0 aliphatic carbocycles.